The van der Waals surface area contributed by atoms with Gasteiger partial charge in [-0.2, -0.15) is 0 Å². The fraction of sp³-hybridized carbons (Fsp3) is 0.538. The molecule has 17 heavy (non-hydrogen) atoms. The number of benzene rings is 1. The minimum absolute atomic E-state index is 0. The fourth-order valence-corrected chi connectivity index (χ4v) is 3.03. The number of nitrogens with two attached hydrogens (primary N) is 1. The van der Waals surface area contributed by atoms with Crippen molar-refractivity contribution in [3.8, 4) is 0 Å². The Morgan fingerprint density at radius 3 is 2.53 bits per heavy atom. The summed E-state index contributed by atoms with van der Waals surface area (Å²) in [6.45, 7) is 0. The lowest BCUT2D eigenvalue weighted by molar-refractivity contribution is 0.303. The molecule has 0 aliphatic heterocycles. The smallest absolute Gasteiger partial charge is 0.128 e. The van der Waals surface area contributed by atoms with Crippen LogP contribution < -0.4 is 5.73 Å². The summed E-state index contributed by atoms with van der Waals surface area (Å²) in [7, 11) is 0. The van der Waals surface area contributed by atoms with Crippen molar-refractivity contribution in [2.75, 3.05) is 0 Å². The maximum absolute atomic E-state index is 13.7. The van der Waals surface area contributed by atoms with E-state index in [0.717, 1.165) is 16.4 Å². The van der Waals surface area contributed by atoms with E-state index in [-0.39, 0.29) is 24.3 Å². The molecular formula is C13H18ClFIN. The molecule has 0 amide bonds. The highest BCUT2D eigenvalue weighted by atomic mass is 127. The van der Waals surface area contributed by atoms with Gasteiger partial charge in [-0.3, -0.25) is 0 Å². The molecule has 0 aromatic heterocycles. The Morgan fingerprint density at radius 1 is 1.24 bits per heavy atom. The molecule has 2 N–H and O–H groups in total. The molecule has 0 radical (unpaired) electrons. The zero-order valence-electron chi connectivity index (χ0n) is 9.66. The van der Waals surface area contributed by atoms with E-state index in [9.17, 15) is 4.39 Å². The molecule has 1 fully saturated rings. The molecular weight excluding hydrogens is 352 g/mol. The Labute approximate surface area is 122 Å². The number of hydrogen-bond donors (Lipinski definition) is 1. The zero-order chi connectivity index (χ0) is 11.5. The van der Waals surface area contributed by atoms with Gasteiger partial charge in [0.1, 0.15) is 5.82 Å². The second-order valence-electron chi connectivity index (χ2n) is 4.59. The first-order chi connectivity index (χ1) is 7.68. The monoisotopic (exact) mass is 369 g/mol. The van der Waals surface area contributed by atoms with Crippen LogP contribution in [0.15, 0.2) is 18.2 Å². The summed E-state index contributed by atoms with van der Waals surface area (Å²) in [5, 5.41) is 0. The van der Waals surface area contributed by atoms with Gasteiger partial charge < -0.3 is 5.73 Å². The Kier molecular flexibility index (Phi) is 6.17. The third-order valence-corrected chi connectivity index (χ3v) is 4.15. The van der Waals surface area contributed by atoms with Crippen LogP contribution in [-0.4, -0.2) is 0 Å². The molecule has 1 aromatic carbocycles. The SMILES string of the molecule is Cl.N[C@H](c1cc(I)ccc1F)C1CCCCC1. The van der Waals surface area contributed by atoms with Gasteiger partial charge in [0.15, 0.2) is 0 Å². The van der Waals surface area contributed by atoms with Gasteiger partial charge in [0.2, 0.25) is 0 Å². The van der Waals surface area contributed by atoms with Crippen LogP contribution in [0.5, 0.6) is 0 Å². The number of rotatable bonds is 2. The first-order valence-electron chi connectivity index (χ1n) is 5.89. The summed E-state index contributed by atoms with van der Waals surface area (Å²) in [6, 6.07) is 5.07. The van der Waals surface area contributed by atoms with Gasteiger partial charge in [0.05, 0.1) is 0 Å². The van der Waals surface area contributed by atoms with E-state index < -0.39 is 0 Å². The first kappa shape index (κ1) is 15.2. The molecule has 96 valence electrons. The number of halogens is 3. The van der Waals surface area contributed by atoms with E-state index in [4.69, 9.17) is 5.73 Å². The van der Waals surface area contributed by atoms with Crippen molar-refractivity contribution in [3.63, 3.8) is 0 Å². The first-order valence-corrected chi connectivity index (χ1v) is 6.97. The molecule has 1 atom stereocenters. The zero-order valence-corrected chi connectivity index (χ0v) is 12.6. The summed E-state index contributed by atoms with van der Waals surface area (Å²) >= 11 is 2.20. The lowest BCUT2D eigenvalue weighted by Gasteiger charge is -2.28. The van der Waals surface area contributed by atoms with Crippen LogP contribution in [0.25, 0.3) is 0 Å². The molecule has 0 saturated heterocycles. The predicted octanol–water partition coefficient (Wildman–Crippen LogP) is 4.43. The third kappa shape index (κ3) is 3.80. The van der Waals surface area contributed by atoms with Gasteiger partial charge in [-0.15, -0.1) is 12.4 Å². The predicted molar refractivity (Wildman–Crippen MR) is 79.9 cm³/mol. The molecule has 1 aliphatic rings. The van der Waals surface area contributed by atoms with E-state index in [2.05, 4.69) is 22.6 Å². The second-order valence-corrected chi connectivity index (χ2v) is 5.84. The topological polar surface area (TPSA) is 26.0 Å². The minimum atomic E-state index is -0.154. The average Bonchev–Trinajstić information content (AvgIpc) is 2.32. The third-order valence-electron chi connectivity index (χ3n) is 3.47. The summed E-state index contributed by atoms with van der Waals surface area (Å²) in [6.07, 6.45) is 6.07. The van der Waals surface area contributed by atoms with Crippen molar-refractivity contribution in [3.05, 3.63) is 33.1 Å². The molecule has 2 rings (SSSR count). The molecule has 1 aromatic rings. The van der Waals surface area contributed by atoms with Crippen LogP contribution in [-0.2, 0) is 0 Å². The van der Waals surface area contributed by atoms with Crippen LogP contribution in [0, 0.1) is 15.3 Å². The Hall–Kier alpha value is 0.130. The normalized spacial score (nSPS) is 18.5. The summed E-state index contributed by atoms with van der Waals surface area (Å²) in [4.78, 5) is 0. The summed E-state index contributed by atoms with van der Waals surface area (Å²) in [5.74, 6) is 0.305. The second kappa shape index (κ2) is 6.90. The van der Waals surface area contributed by atoms with E-state index >= 15 is 0 Å². The molecule has 4 heteroatoms. The maximum Gasteiger partial charge on any atom is 0.128 e. The maximum atomic E-state index is 13.7. The van der Waals surface area contributed by atoms with Crippen LogP contribution in [0.4, 0.5) is 4.39 Å². The summed E-state index contributed by atoms with van der Waals surface area (Å²) in [5.41, 5.74) is 6.89. The summed E-state index contributed by atoms with van der Waals surface area (Å²) < 4.78 is 14.7. The van der Waals surface area contributed by atoms with Gasteiger partial charge >= 0.3 is 0 Å². The lowest BCUT2D eigenvalue weighted by Crippen LogP contribution is -2.24. The van der Waals surface area contributed by atoms with Gasteiger partial charge in [-0.25, -0.2) is 4.39 Å². The van der Waals surface area contributed by atoms with Gasteiger partial charge in [-0.05, 0) is 59.5 Å². The minimum Gasteiger partial charge on any atom is -0.324 e. The molecule has 0 bridgehead atoms. The van der Waals surface area contributed by atoms with Crippen molar-refractivity contribution in [2.45, 2.75) is 38.1 Å². The molecule has 1 aliphatic carbocycles. The van der Waals surface area contributed by atoms with Gasteiger partial charge in [-0.1, -0.05) is 19.3 Å². The largest absolute Gasteiger partial charge is 0.324 e. The highest BCUT2D eigenvalue weighted by Gasteiger charge is 2.23. The quantitative estimate of drug-likeness (QED) is 0.767. The molecule has 1 nitrogen and oxygen atoms in total. The Bertz CT molecular complexity index is 366. The van der Waals surface area contributed by atoms with E-state index in [1.807, 2.05) is 6.07 Å². The molecule has 1 saturated carbocycles. The average molecular weight is 370 g/mol. The molecule has 0 heterocycles. The van der Waals surface area contributed by atoms with Crippen LogP contribution in [0.2, 0.25) is 0 Å². The van der Waals surface area contributed by atoms with Crippen LogP contribution in [0.1, 0.15) is 43.7 Å². The van der Waals surface area contributed by atoms with Crippen molar-refractivity contribution in [1.82, 2.24) is 0 Å². The van der Waals surface area contributed by atoms with Gasteiger partial charge in [0, 0.05) is 15.2 Å². The van der Waals surface area contributed by atoms with E-state index in [1.165, 1.54) is 25.3 Å². The molecule has 0 unspecified atom stereocenters. The fourth-order valence-electron chi connectivity index (χ4n) is 2.52. The Morgan fingerprint density at radius 2 is 1.88 bits per heavy atom. The van der Waals surface area contributed by atoms with Crippen LogP contribution >= 0.6 is 35.0 Å². The van der Waals surface area contributed by atoms with E-state index in [1.54, 1.807) is 6.07 Å². The van der Waals surface area contributed by atoms with Crippen molar-refractivity contribution >= 4 is 35.0 Å². The van der Waals surface area contributed by atoms with Crippen molar-refractivity contribution < 1.29 is 4.39 Å². The highest BCUT2D eigenvalue weighted by molar-refractivity contribution is 14.1. The van der Waals surface area contributed by atoms with Gasteiger partial charge in [0.25, 0.3) is 0 Å². The number of hydrogen-bond acceptors (Lipinski definition) is 1. The van der Waals surface area contributed by atoms with E-state index in [0.29, 0.717) is 11.5 Å². The van der Waals surface area contributed by atoms with Crippen molar-refractivity contribution in [1.29, 1.82) is 0 Å². The Balaban J connectivity index is 0.00000144. The van der Waals surface area contributed by atoms with Crippen LogP contribution in [0.3, 0.4) is 0 Å². The van der Waals surface area contributed by atoms with Crippen molar-refractivity contribution in [2.24, 2.45) is 11.7 Å². The highest BCUT2D eigenvalue weighted by Crippen LogP contribution is 2.34. The standard InChI is InChI=1S/C13H17FIN.ClH/c14-12-7-6-10(15)8-11(12)13(16)9-4-2-1-3-5-9;/h6-9,13H,1-5,16H2;1H/t13-;/m0./s1. The molecule has 0 spiro atoms. The lowest BCUT2D eigenvalue weighted by atomic mass is 9.81.